The predicted octanol–water partition coefficient (Wildman–Crippen LogP) is 2.05. The van der Waals surface area contributed by atoms with E-state index in [1.54, 1.807) is 0 Å². The van der Waals surface area contributed by atoms with Gasteiger partial charge in [-0.1, -0.05) is 6.42 Å². The summed E-state index contributed by atoms with van der Waals surface area (Å²) in [4.78, 5) is 12.5. The average Bonchev–Trinajstić information content (AvgIpc) is 2.79. The Morgan fingerprint density at radius 1 is 0.947 bits per heavy atom. The zero-order valence-corrected chi connectivity index (χ0v) is 11.7. The highest BCUT2D eigenvalue weighted by molar-refractivity contribution is 5.80. The predicted molar refractivity (Wildman–Crippen MR) is 74.3 cm³/mol. The number of carbonyl (C=O) groups is 1. The van der Waals surface area contributed by atoms with Gasteiger partial charge in [0, 0.05) is 12.1 Å². The Labute approximate surface area is 115 Å². The van der Waals surface area contributed by atoms with Crippen LogP contribution >= 0.6 is 0 Å². The fourth-order valence-electron chi connectivity index (χ4n) is 5.75. The van der Waals surface area contributed by atoms with Crippen molar-refractivity contribution < 1.29 is 4.79 Å². The molecule has 0 aromatic heterocycles. The van der Waals surface area contributed by atoms with Crippen LogP contribution in [0.4, 0.5) is 0 Å². The molecule has 5 fully saturated rings. The third-order valence-electron chi connectivity index (χ3n) is 6.44. The van der Waals surface area contributed by atoms with Gasteiger partial charge in [-0.2, -0.15) is 0 Å². The monoisotopic (exact) mass is 262 g/mol. The minimum absolute atomic E-state index is 0.0946. The van der Waals surface area contributed by atoms with E-state index in [2.05, 4.69) is 5.32 Å². The summed E-state index contributed by atoms with van der Waals surface area (Å²) in [6.07, 6.45) is 10.1. The highest BCUT2D eigenvalue weighted by Gasteiger charge is 2.49. The number of nitrogens with one attached hydrogen (secondary N) is 1. The van der Waals surface area contributed by atoms with Crippen LogP contribution in [0.25, 0.3) is 0 Å². The van der Waals surface area contributed by atoms with E-state index in [0.717, 1.165) is 42.9 Å². The number of hydrogen-bond acceptors (Lipinski definition) is 2. The van der Waals surface area contributed by atoms with Crippen molar-refractivity contribution >= 4 is 5.91 Å². The summed E-state index contributed by atoms with van der Waals surface area (Å²) < 4.78 is 0. The number of rotatable bonds is 2. The van der Waals surface area contributed by atoms with Crippen LogP contribution in [0.3, 0.4) is 0 Å². The van der Waals surface area contributed by atoms with Crippen LogP contribution in [0.15, 0.2) is 0 Å². The lowest BCUT2D eigenvalue weighted by atomic mass is 9.54. The lowest BCUT2D eigenvalue weighted by Gasteiger charge is -2.54. The van der Waals surface area contributed by atoms with Gasteiger partial charge in [0.1, 0.15) is 0 Å². The zero-order chi connectivity index (χ0) is 13.0. The van der Waals surface area contributed by atoms with Gasteiger partial charge in [-0.15, -0.1) is 0 Å². The van der Waals surface area contributed by atoms with Crippen LogP contribution < -0.4 is 11.1 Å². The molecular weight excluding hydrogens is 236 g/mol. The molecule has 1 amide bonds. The molecule has 0 spiro atoms. The highest BCUT2D eigenvalue weighted by Crippen LogP contribution is 2.53. The van der Waals surface area contributed by atoms with Crippen LogP contribution in [0.2, 0.25) is 0 Å². The molecule has 0 heterocycles. The van der Waals surface area contributed by atoms with Crippen molar-refractivity contribution in [3.8, 4) is 0 Å². The maximum Gasteiger partial charge on any atom is 0.224 e. The van der Waals surface area contributed by atoms with Gasteiger partial charge in [0.05, 0.1) is 5.92 Å². The fraction of sp³-hybridized carbons (Fsp3) is 0.938. The molecule has 0 saturated heterocycles. The standard InChI is InChI=1S/C16H26N2O/c17-14-3-1-2-13(14)16(19)18-15-11-5-9-4-10(7-11)8-12(15)6-9/h9-15H,1-8,17H2,(H,18,19). The van der Waals surface area contributed by atoms with E-state index in [4.69, 9.17) is 5.73 Å². The van der Waals surface area contributed by atoms with E-state index < -0.39 is 0 Å². The molecule has 3 N–H and O–H groups in total. The van der Waals surface area contributed by atoms with Gasteiger partial charge in [-0.25, -0.2) is 0 Å². The van der Waals surface area contributed by atoms with Gasteiger partial charge in [0.25, 0.3) is 0 Å². The second-order valence-electron chi connectivity index (χ2n) is 7.67. The minimum Gasteiger partial charge on any atom is -0.353 e. The zero-order valence-electron chi connectivity index (χ0n) is 11.7. The first-order valence-corrected chi connectivity index (χ1v) is 8.26. The van der Waals surface area contributed by atoms with Crippen LogP contribution in [0.5, 0.6) is 0 Å². The lowest BCUT2D eigenvalue weighted by molar-refractivity contribution is -0.129. The molecule has 2 atom stereocenters. The number of amides is 1. The van der Waals surface area contributed by atoms with Gasteiger partial charge < -0.3 is 11.1 Å². The molecular formula is C16H26N2O. The summed E-state index contributed by atoms with van der Waals surface area (Å²) in [5.41, 5.74) is 6.07. The SMILES string of the molecule is NC1CCCC1C(=O)NC1C2CC3CC(C2)CC1C3. The van der Waals surface area contributed by atoms with Crippen molar-refractivity contribution in [3.63, 3.8) is 0 Å². The second kappa shape index (κ2) is 4.47. The summed E-state index contributed by atoms with van der Waals surface area (Å²) in [6.45, 7) is 0. The molecule has 5 rings (SSSR count). The Morgan fingerprint density at radius 2 is 1.58 bits per heavy atom. The van der Waals surface area contributed by atoms with E-state index in [1.165, 1.54) is 32.1 Å². The summed E-state index contributed by atoms with van der Waals surface area (Å²) in [6, 6.07) is 0.588. The van der Waals surface area contributed by atoms with Gasteiger partial charge in [-0.3, -0.25) is 4.79 Å². The molecule has 2 unspecified atom stereocenters. The van der Waals surface area contributed by atoms with E-state index in [1.807, 2.05) is 0 Å². The van der Waals surface area contributed by atoms with Crippen LogP contribution in [0.1, 0.15) is 51.4 Å². The normalized spacial score (nSPS) is 51.5. The Kier molecular flexibility index (Phi) is 2.87. The fourth-order valence-corrected chi connectivity index (χ4v) is 5.75. The maximum absolute atomic E-state index is 12.5. The highest BCUT2D eigenvalue weighted by atomic mass is 16.2. The van der Waals surface area contributed by atoms with E-state index in [-0.39, 0.29) is 17.9 Å². The number of hydrogen-bond donors (Lipinski definition) is 2. The van der Waals surface area contributed by atoms with Gasteiger partial charge in [-0.05, 0) is 68.6 Å². The van der Waals surface area contributed by atoms with Crippen molar-refractivity contribution in [2.24, 2.45) is 35.3 Å². The van der Waals surface area contributed by atoms with Crippen LogP contribution in [0, 0.1) is 29.6 Å². The van der Waals surface area contributed by atoms with Gasteiger partial charge >= 0.3 is 0 Å². The van der Waals surface area contributed by atoms with E-state index in [0.29, 0.717) is 6.04 Å². The largest absolute Gasteiger partial charge is 0.353 e. The molecule has 0 aromatic rings. The Bertz CT molecular complexity index is 353. The smallest absolute Gasteiger partial charge is 0.224 e. The summed E-state index contributed by atoms with van der Waals surface area (Å²) in [5.74, 6) is 3.86. The number of nitrogens with two attached hydrogens (primary N) is 1. The quantitative estimate of drug-likeness (QED) is 0.800. The van der Waals surface area contributed by atoms with Crippen LogP contribution in [-0.2, 0) is 4.79 Å². The summed E-state index contributed by atoms with van der Waals surface area (Å²) in [5, 5.41) is 3.42. The third-order valence-corrected chi connectivity index (χ3v) is 6.44. The van der Waals surface area contributed by atoms with Crippen molar-refractivity contribution in [1.82, 2.24) is 5.32 Å². The summed E-state index contributed by atoms with van der Waals surface area (Å²) in [7, 11) is 0. The molecule has 3 nitrogen and oxygen atoms in total. The first-order chi connectivity index (χ1) is 9.20. The van der Waals surface area contributed by atoms with Crippen molar-refractivity contribution in [2.45, 2.75) is 63.5 Å². The Morgan fingerprint density at radius 3 is 2.11 bits per heavy atom. The number of carbonyl (C=O) groups excluding carboxylic acids is 1. The maximum atomic E-state index is 12.5. The van der Waals surface area contributed by atoms with E-state index >= 15 is 0 Å². The molecule has 0 radical (unpaired) electrons. The molecule has 5 aliphatic carbocycles. The third kappa shape index (κ3) is 2.01. The molecule has 5 saturated carbocycles. The average molecular weight is 262 g/mol. The molecule has 3 heteroatoms. The Balaban J connectivity index is 1.44. The molecule has 5 aliphatic rings. The molecule has 0 aromatic carbocycles. The Hall–Kier alpha value is -0.570. The van der Waals surface area contributed by atoms with E-state index in [9.17, 15) is 4.79 Å². The van der Waals surface area contributed by atoms with Crippen molar-refractivity contribution in [2.75, 3.05) is 0 Å². The molecule has 0 aliphatic heterocycles. The summed E-state index contributed by atoms with van der Waals surface area (Å²) >= 11 is 0. The molecule has 19 heavy (non-hydrogen) atoms. The van der Waals surface area contributed by atoms with Crippen molar-refractivity contribution in [3.05, 3.63) is 0 Å². The molecule has 4 bridgehead atoms. The second-order valence-corrected chi connectivity index (χ2v) is 7.67. The van der Waals surface area contributed by atoms with Crippen molar-refractivity contribution in [1.29, 1.82) is 0 Å². The first-order valence-electron chi connectivity index (χ1n) is 8.26. The minimum atomic E-state index is 0.0946. The van der Waals surface area contributed by atoms with Gasteiger partial charge in [0.2, 0.25) is 5.91 Å². The van der Waals surface area contributed by atoms with Gasteiger partial charge in [0.15, 0.2) is 0 Å². The first kappa shape index (κ1) is 12.2. The lowest BCUT2D eigenvalue weighted by Crippen LogP contribution is -2.57. The topological polar surface area (TPSA) is 55.1 Å². The van der Waals surface area contributed by atoms with Crippen LogP contribution in [-0.4, -0.2) is 18.0 Å². The molecule has 106 valence electrons.